The number of alkyl halides is 1. The molecule has 2 atom stereocenters. The molecule has 0 radical (unpaired) electrons. The van der Waals surface area contributed by atoms with E-state index in [9.17, 15) is 0 Å². The lowest BCUT2D eigenvalue weighted by Crippen LogP contribution is -2.19. The standard InChI is InChI=1S/C17H23ClN2O/c1-12-4-3-5-13(10-12)20-16-11-14(21-2)6-7-15(16)19-17(20)8-9-18/h6-7,11-13H,3-5,8-10H2,1-2H3. The maximum atomic E-state index is 5.98. The van der Waals surface area contributed by atoms with Crippen molar-refractivity contribution in [2.75, 3.05) is 13.0 Å². The number of benzene rings is 1. The average molecular weight is 307 g/mol. The zero-order valence-electron chi connectivity index (χ0n) is 12.8. The van der Waals surface area contributed by atoms with Crippen LogP contribution < -0.4 is 4.74 Å². The van der Waals surface area contributed by atoms with Crippen molar-refractivity contribution >= 4 is 22.6 Å². The molecular formula is C17H23ClN2O. The Morgan fingerprint density at radius 3 is 2.95 bits per heavy atom. The van der Waals surface area contributed by atoms with Crippen LogP contribution >= 0.6 is 11.6 Å². The number of imidazole rings is 1. The van der Waals surface area contributed by atoms with Crippen molar-refractivity contribution in [3.05, 3.63) is 24.0 Å². The SMILES string of the molecule is COc1ccc2nc(CCCl)n(C3CCCC(C)C3)c2c1. The molecule has 0 spiro atoms. The van der Waals surface area contributed by atoms with Gasteiger partial charge in [0, 0.05) is 24.4 Å². The minimum atomic E-state index is 0.545. The maximum absolute atomic E-state index is 5.98. The molecule has 3 nitrogen and oxygen atoms in total. The molecule has 21 heavy (non-hydrogen) atoms. The second-order valence-corrected chi connectivity index (χ2v) is 6.50. The largest absolute Gasteiger partial charge is 0.497 e. The molecule has 2 aromatic rings. The molecule has 1 heterocycles. The zero-order chi connectivity index (χ0) is 14.8. The normalized spacial score (nSPS) is 22.6. The van der Waals surface area contributed by atoms with Crippen molar-refractivity contribution in [1.82, 2.24) is 9.55 Å². The first kappa shape index (κ1) is 14.7. The lowest BCUT2D eigenvalue weighted by atomic mass is 9.87. The Morgan fingerprint density at radius 1 is 1.38 bits per heavy atom. The first-order chi connectivity index (χ1) is 10.2. The third-order valence-electron chi connectivity index (χ3n) is 4.56. The van der Waals surface area contributed by atoms with Gasteiger partial charge in [0.2, 0.25) is 0 Å². The van der Waals surface area contributed by atoms with E-state index in [0.717, 1.165) is 29.4 Å². The molecule has 0 amide bonds. The minimum Gasteiger partial charge on any atom is -0.497 e. The first-order valence-electron chi connectivity index (χ1n) is 7.83. The van der Waals surface area contributed by atoms with Gasteiger partial charge in [-0.15, -0.1) is 11.6 Å². The molecule has 1 aliphatic rings. The van der Waals surface area contributed by atoms with E-state index in [1.54, 1.807) is 7.11 Å². The number of hydrogen-bond donors (Lipinski definition) is 0. The van der Waals surface area contributed by atoms with Crippen molar-refractivity contribution in [1.29, 1.82) is 0 Å². The van der Waals surface area contributed by atoms with Gasteiger partial charge in [-0.2, -0.15) is 0 Å². The second-order valence-electron chi connectivity index (χ2n) is 6.12. The number of fused-ring (bicyclic) bond motifs is 1. The summed E-state index contributed by atoms with van der Waals surface area (Å²) < 4.78 is 7.81. The van der Waals surface area contributed by atoms with Crippen LogP contribution in [-0.2, 0) is 6.42 Å². The van der Waals surface area contributed by atoms with Crippen LogP contribution in [-0.4, -0.2) is 22.5 Å². The highest BCUT2D eigenvalue weighted by Crippen LogP contribution is 2.36. The fraction of sp³-hybridized carbons (Fsp3) is 0.588. The molecule has 0 aliphatic heterocycles. The summed E-state index contributed by atoms with van der Waals surface area (Å²) in [5.41, 5.74) is 2.24. The van der Waals surface area contributed by atoms with Crippen molar-refractivity contribution < 1.29 is 4.74 Å². The van der Waals surface area contributed by atoms with Crippen LogP contribution in [0.3, 0.4) is 0 Å². The van der Waals surface area contributed by atoms with Crippen molar-refractivity contribution in [2.24, 2.45) is 5.92 Å². The van der Waals surface area contributed by atoms with E-state index < -0.39 is 0 Å². The molecular weight excluding hydrogens is 284 g/mol. The number of nitrogens with zero attached hydrogens (tertiary/aromatic N) is 2. The zero-order valence-corrected chi connectivity index (χ0v) is 13.6. The van der Waals surface area contributed by atoms with Gasteiger partial charge in [0.15, 0.2) is 0 Å². The Kier molecular flexibility index (Phi) is 4.39. The smallest absolute Gasteiger partial charge is 0.121 e. The predicted octanol–water partition coefficient (Wildman–Crippen LogP) is 4.58. The highest BCUT2D eigenvalue weighted by molar-refractivity contribution is 6.17. The van der Waals surface area contributed by atoms with Crippen molar-refractivity contribution in [2.45, 2.75) is 45.1 Å². The lowest BCUT2D eigenvalue weighted by Gasteiger charge is -2.29. The molecule has 3 rings (SSSR count). The van der Waals surface area contributed by atoms with Crippen molar-refractivity contribution in [3.63, 3.8) is 0 Å². The van der Waals surface area contributed by atoms with Crippen LogP contribution in [0.25, 0.3) is 11.0 Å². The van der Waals surface area contributed by atoms with Gasteiger partial charge < -0.3 is 9.30 Å². The fourth-order valence-electron chi connectivity index (χ4n) is 3.55. The van der Waals surface area contributed by atoms with E-state index in [1.807, 2.05) is 6.07 Å². The maximum Gasteiger partial charge on any atom is 0.121 e. The van der Waals surface area contributed by atoms with E-state index in [0.29, 0.717) is 11.9 Å². The molecule has 4 heteroatoms. The third kappa shape index (κ3) is 2.89. The van der Waals surface area contributed by atoms with E-state index in [4.69, 9.17) is 21.3 Å². The highest BCUT2D eigenvalue weighted by atomic mass is 35.5. The summed E-state index contributed by atoms with van der Waals surface area (Å²) in [5.74, 6) is 3.41. The average Bonchev–Trinajstić information content (AvgIpc) is 2.84. The summed E-state index contributed by atoms with van der Waals surface area (Å²) in [4.78, 5) is 4.80. The number of aryl methyl sites for hydroxylation is 1. The van der Waals surface area contributed by atoms with Gasteiger partial charge in [-0.3, -0.25) is 0 Å². The van der Waals surface area contributed by atoms with Crippen LogP contribution in [0.4, 0.5) is 0 Å². The van der Waals surface area contributed by atoms with E-state index in [-0.39, 0.29) is 0 Å². The Balaban J connectivity index is 2.09. The summed E-state index contributed by atoms with van der Waals surface area (Å²) in [7, 11) is 1.71. The molecule has 0 bridgehead atoms. The summed E-state index contributed by atoms with van der Waals surface area (Å²) in [6, 6.07) is 6.69. The minimum absolute atomic E-state index is 0.545. The predicted molar refractivity (Wildman–Crippen MR) is 87.4 cm³/mol. The van der Waals surface area contributed by atoms with Crippen LogP contribution in [0, 0.1) is 5.92 Å². The Bertz CT molecular complexity index is 623. The summed E-state index contributed by atoms with van der Waals surface area (Å²) in [6.45, 7) is 2.35. The van der Waals surface area contributed by atoms with Gasteiger partial charge in [-0.05, 0) is 30.9 Å². The Morgan fingerprint density at radius 2 is 2.24 bits per heavy atom. The number of hydrogen-bond acceptors (Lipinski definition) is 2. The summed E-state index contributed by atoms with van der Waals surface area (Å²) in [6.07, 6.45) is 5.94. The van der Waals surface area contributed by atoms with Crippen LogP contribution in [0.15, 0.2) is 18.2 Å². The number of methoxy groups -OCH3 is 1. The monoisotopic (exact) mass is 306 g/mol. The second kappa shape index (κ2) is 6.27. The lowest BCUT2D eigenvalue weighted by molar-refractivity contribution is 0.282. The number of ether oxygens (including phenoxy) is 1. The van der Waals surface area contributed by atoms with E-state index in [2.05, 4.69) is 23.6 Å². The van der Waals surface area contributed by atoms with Crippen LogP contribution in [0.1, 0.15) is 44.5 Å². The third-order valence-corrected chi connectivity index (χ3v) is 4.75. The molecule has 1 saturated carbocycles. The number of rotatable bonds is 4. The molecule has 0 saturated heterocycles. The first-order valence-corrected chi connectivity index (χ1v) is 8.37. The quantitative estimate of drug-likeness (QED) is 0.773. The molecule has 2 unspecified atom stereocenters. The molecule has 114 valence electrons. The van der Waals surface area contributed by atoms with Gasteiger partial charge >= 0.3 is 0 Å². The van der Waals surface area contributed by atoms with E-state index in [1.165, 1.54) is 31.2 Å². The number of aromatic nitrogens is 2. The van der Waals surface area contributed by atoms with Crippen molar-refractivity contribution in [3.8, 4) is 5.75 Å². The van der Waals surface area contributed by atoms with Gasteiger partial charge in [-0.25, -0.2) is 4.98 Å². The Hall–Kier alpha value is -1.22. The molecule has 1 aromatic carbocycles. The van der Waals surface area contributed by atoms with Gasteiger partial charge in [0.25, 0.3) is 0 Å². The molecule has 0 N–H and O–H groups in total. The molecule has 1 fully saturated rings. The topological polar surface area (TPSA) is 27.1 Å². The van der Waals surface area contributed by atoms with Crippen LogP contribution in [0.2, 0.25) is 0 Å². The molecule has 1 aromatic heterocycles. The van der Waals surface area contributed by atoms with Gasteiger partial charge in [0.05, 0.1) is 18.1 Å². The summed E-state index contributed by atoms with van der Waals surface area (Å²) >= 11 is 5.98. The Labute approximate surface area is 131 Å². The van der Waals surface area contributed by atoms with Gasteiger partial charge in [0.1, 0.15) is 11.6 Å². The molecule has 1 aliphatic carbocycles. The van der Waals surface area contributed by atoms with E-state index >= 15 is 0 Å². The van der Waals surface area contributed by atoms with Crippen LogP contribution in [0.5, 0.6) is 5.75 Å². The number of halogens is 1. The fourth-order valence-corrected chi connectivity index (χ4v) is 3.72. The van der Waals surface area contributed by atoms with Gasteiger partial charge in [-0.1, -0.05) is 19.8 Å². The summed E-state index contributed by atoms with van der Waals surface area (Å²) in [5, 5.41) is 0. The highest BCUT2D eigenvalue weighted by Gasteiger charge is 2.24.